The molecule has 0 bridgehead atoms. The molecule has 2 aliphatic heterocycles. The maximum Gasteiger partial charge on any atom is 0.303 e. The molecular formula is C28H37Cl3O18. The summed E-state index contributed by atoms with van der Waals surface area (Å²) < 4.78 is 58.7. The first-order valence-corrected chi connectivity index (χ1v) is 15.6. The molecule has 0 aromatic rings. The minimum Gasteiger partial charge on any atom is -0.463 e. The van der Waals surface area contributed by atoms with Gasteiger partial charge in [-0.05, 0) is 0 Å². The van der Waals surface area contributed by atoms with Crippen LogP contribution in [0.1, 0.15) is 48.5 Å². The molecule has 2 rings (SSSR count). The molecule has 2 heterocycles. The van der Waals surface area contributed by atoms with Crippen LogP contribution in [0.25, 0.3) is 0 Å². The van der Waals surface area contributed by atoms with Gasteiger partial charge in [0.2, 0.25) is 3.79 Å². The molecule has 2 fully saturated rings. The SMILES string of the molecule is CC(=O)OC[C@H]1O[C@@H](OC[C@H]2O[C@@H](OCC(Cl)(Cl)Cl)[C@H](OC(C)=O)[C@@H](OC(C)=O)[C@@H]2OC(C)=O)[C@H](OC(C)=O)[C@@H](OC(C)=O)[C@@H]1OC(C)=O. The summed E-state index contributed by atoms with van der Waals surface area (Å²) in [5.41, 5.74) is 0. The van der Waals surface area contributed by atoms with Crippen LogP contribution in [-0.2, 0) is 85.7 Å². The van der Waals surface area contributed by atoms with Crippen molar-refractivity contribution in [3.63, 3.8) is 0 Å². The van der Waals surface area contributed by atoms with Crippen molar-refractivity contribution in [1.29, 1.82) is 0 Å². The number of alkyl halides is 3. The fraction of sp³-hybridized carbons (Fsp3) is 0.750. The number of hydrogen-bond acceptors (Lipinski definition) is 18. The Morgan fingerprint density at radius 3 is 1.14 bits per heavy atom. The van der Waals surface area contributed by atoms with Gasteiger partial charge in [0, 0.05) is 48.5 Å². The van der Waals surface area contributed by atoms with Crippen LogP contribution in [0.2, 0.25) is 0 Å². The largest absolute Gasteiger partial charge is 0.463 e. The van der Waals surface area contributed by atoms with E-state index in [0.29, 0.717) is 0 Å². The molecule has 2 saturated heterocycles. The summed E-state index contributed by atoms with van der Waals surface area (Å²) in [6, 6.07) is 0. The molecule has 0 radical (unpaired) electrons. The van der Waals surface area contributed by atoms with E-state index in [1.807, 2.05) is 0 Å². The Hall–Kier alpha value is -3.00. The van der Waals surface area contributed by atoms with Gasteiger partial charge in [0.15, 0.2) is 49.2 Å². The monoisotopic (exact) mass is 766 g/mol. The van der Waals surface area contributed by atoms with Crippen molar-refractivity contribution >= 4 is 76.6 Å². The Kier molecular flexibility index (Phi) is 16.2. The molecule has 278 valence electrons. The fourth-order valence-electron chi connectivity index (χ4n) is 4.81. The number of carbonyl (C=O) groups excluding carboxylic acids is 7. The lowest BCUT2D eigenvalue weighted by Crippen LogP contribution is -2.65. The topological polar surface area (TPSA) is 221 Å². The van der Waals surface area contributed by atoms with Gasteiger partial charge in [0.1, 0.15) is 18.8 Å². The number of hydrogen-bond donors (Lipinski definition) is 0. The number of halogens is 3. The van der Waals surface area contributed by atoms with Gasteiger partial charge in [-0.2, -0.15) is 0 Å². The zero-order chi connectivity index (χ0) is 37.2. The van der Waals surface area contributed by atoms with Crippen LogP contribution in [0.5, 0.6) is 0 Å². The summed E-state index contributed by atoms with van der Waals surface area (Å²) in [4.78, 5) is 84.4. The van der Waals surface area contributed by atoms with Crippen LogP contribution in [-0.4, -0.2) is 127 Å². The van der Waals surface area contributed by atoms with E-state index in [1.165, 1.54) is 0 Å². The average Bonchev–Trinajstić information content (AvgIpc) is 2.93. The summed E-state index contributed by atoms with van der Waals surface area (Å²) in [5.74, 6) is -6.02. The van der Waals surface area contributed by atoms with Crippen LogP contribution in [0.4, 0.5) is 0 Å². The van der Waals surface area contributed by atoms with E-state index < -0.39 is 127 Å². The summed E-state index contributed by atoms with van der Waals surface area (Å²) in [6.07, 6.45) is -15.5. The minimum absolute atomic E-state index is 0.542. The maximum absolute atomic E-state index is 12.2. The van der Waals surface area contributed by atoms with Crippen LogP contribution < -0.4 is 0 Å². The molecule has 21 heteroatoms. The molecule has 18 nitrogen and oxygen atoms in total. The van der Waals surface area contributed by atoms with Crippen molar-refractivity contribution in [2.45, 2.75) is 114 Å². The van der Waals surface area contributed by atoms with Crippen molar-refractivity contribution in [2.24, 2.45) is 0 Å². The van der Waals surface area contributed by atoms with Crippen molar-refractivity contribution < 1.29 is 85.7 Å². The van der Waals surface area contributed by atoms with Crippen molar-refractivity contribution in [3.05, 3.63) is 0 Å². The van der Waals surface area contributed by atoms with Crippen LogP contribution >= 0.6 is 34.8 Å². The van der Waals surface area contributed by atoms with E-state index in [-0.39, 0.29) is 0 Å². The number of carbonyl (C=O) groups is 7. The van der Waals surface area contributed by atoms with Gasteiger partial charge in [-0.3, -0.25) is 33.6 Å². The average molecular weight is 768 g/mol. The molecule has 2 aliphatic rings. The number of rotatable bonds is 13. The first-order chi connectivity index (χ1) is 22.7. The van der Waals surface area contributed by atoms with Gasteiger partial charge in [0.25, 0.3) is 0 Å². The maximum atomic E-state index is 12.2. The third kappa shape index (κ3) is 14.0. The van der Waals surface area contributed by atoms with Gasteiger partial charge >= 0.3 is 41.8 Å². The van der Waals surface area contributed by atoms with Crippen molar-refractivity contribution in [2.75, 3.05) is 19.8 Å². The zero-order valence-corrected chi connectivity index (χ0v) is 29.6. The Morgan fingerprint density at radius 1 is 0.469 bits per heavy atom. The highest BCUT2D eigenvalue weighted by Crippen LogP contribution is 2.35. The molecule has 0 unspecified atom stereocenters. The van der Waals surface area contributed by atoms with Gasteiger partial charge in [-0.15, -0.1) is 0 Å². The van der Waals surface area contributed by atoms with Crippen LogP contribution in [0.15, 0.2) is 0 Å². The van der Waals surface area contributed by atoms with E-state index in [2.05, 4.69) is 0 Å². The fourth-order valence-corrected chi connectivity index (χ4v) is 5.00. The molecule has 10 atom stereocenters. The van der Waals surface area contributed by atoms with Gasteiger partial charge < -0.3 is 52.1 Å². The van der Waals surface area contributed by atoms with E-state index in [9.17, 15) is 33.6 Å². The molecule has 0 saturated carbocycles. The molecule has 0 aromatic heterocycles. The summed E-state index contributed by atoms with van der Waals surface area (Å²) in [6.45, 7) is 5.49. The third-order valence-electron chi connectivity index (χ3n) is 6.28. The summed E-state index contributed by atoms with van der Waals surface area (Å²) >= 11 is 17.5. The molecule has 0 amide bonds. The Balaban J connectivity index is 2.58. The summed E-state index contributed by atoms with van der Waals surface area (Å²) in [5, 5.41) is 0. The first kappa shape index (κ1) is 42.2. The van der Waals surface area contributed by atoms with Crippen LogP contribution in [0, 0.1) is 0 Å². The predicted octanol–water partition coefficient (Wildman–Crippen LogP) is 0.993. The summed E-state index contributed by atoms with van der Waals surface area (Å²) in [7, 11) is 0. The normalized spacial score (nSPS) is 29.8. The Labute approximate surface area is 295 Å². The van der Waals surface area contributed by atoms with E-state index >= 15 is 0 Å². The molecule has 0 N–H and O–H groups in total. The zero-order valence-electron chi connectivity index (χ0n) is 27.4. The second-order valence-electron chi connectivity index (χ2n) is 10.6. The molecule has 49 heavy (non-hydrogen) atoms. The predicted molar refractivity (Wildman–Crippen MR) is 159 cm³/mol. The van der Waals surface area contributed by atoms with E-state index in [0.717, 1.165) is 48.5 Å². The smallest absolute Gasteiger partial charge is 0.303 e. The van der Waals surface area contributed by atoms with Crippen molar-refractivity contribution in [1.82, 2.24) is 0 Å². The quantitative estimate of drug-likeness (QED) is 0.145. The highest BCUT2D eigenvalue weighted by Gasteiger charge is 2.56. The van der Waals surface area contributed by atoms with Crippen LogP contribution in [0.3, 0.4) is 0 Å². The third-order valence-corrected chi connectivity index (χ3v) is 6.61. The molecular weight excluding hydrogens is 731 g/mol. The number of esters is 7. The highest BCUT2D eigenvalue weighted by atomic mass is 35.6. The first-order valence-electron chi connectivity index (χ1n) is 14.5. The second kappa shape index (κ2) is 18.8. The second-order valence-corrected chi connectivity index (χ2v) is 13.1. The molecule has 0 aromatic carbocycles. The van der Waals surface area contributed by atoms with Gasteiger partial charge in [0.05, 0.1) is 13.2 Å². The minimum atomic E-state index is -1.99. The standard InChI is InChI=1S/C28H37Cl3O18/c1-11(32)39-8-18-20(42-12(2)33)22(44-14(4)35)24(46-16(6)37)26(48-18)40-9-19-21(43-13(3)34)23(45-15(5)36)25(47-17(7)38)27(49-19)41-10-28(29,30)31/h18-27H,8-10H2,1-7H3/t18-,19-,20-,21-,22+,23+,24-,25-,26-,27-/m1/s1. The lowest BCUT2D eigenvalue weighted by atomic mass is 9.97. The lowest BCUT2D eigenvalue weighted by Gasteiger charge is -2.46. The van der Waals surface area contributed by atoms with E-state index in [1.54, 1.807) is 0 Å². The Morgan fingerprint density at radius 2 is 0.796 bits per heavy atom. The number of ether oxygens (including phenoxy) is 11. The Bertz CT molecular complexity index is 1220. The van der Waals surface area contributed by atoms with E-state index in [4.69, 9.17) is 86.9 Å². The lowest BCUT2D eigenvalue weighted by molar-refractivity contribution is -0.334. The van der Waals surface area contributed by atoms with Gasteiger partial charge in [-0.25, -0.2) is 0 Å². The molecule has 0 aliphatic carbocycles. The van der Waals surface area contributed by atoms with Crippen molar-refractivity contribution in [3.8, 4) is 0 Å². The molecule has 0 spiro atoms. The van der Waals surface area contributed by atoms with Gasteiger partial charge in [-0.1, -0.05) is 34.8 Å². The highest BCUT2D eigenvalue weighted by molar-refractivity contribution is 6.67.